The first-order valence-corrected chi connectivity index (χ1v) is 6.81. The van der Waals surface area contributed by atoms with Gasteiger partial charge in [-0.1, -0.05) is 38.1 Å². The molecule has 3 N–H and O–H groups in total. The molecule has 1 aromatic rings. The Bertz CT molecular complexity index is 460. The van der Waals surface area contributed by atoms with Gasteiger partial charge in [-0.3, -0.25) is 9.59 Å². The maximum Gasteiger partial charge on any atom is 0.307 e. The normalized spacial score (nSPS) is 11.9. The van der Waals surface area contributed by atoms with Crippen LogP contribution in [0.5, 0.6) is 0 Å². The number of carboxylic acid groups (broad SMARTS) is 1. The van der Waals surface area contributed by atoms with Gasteiger partial charge in [0.2, 0.25) is 5.91 Å². The van der Waals surface area contributed by atoms with E-state index in [1.807, 2.05) is 26.0 Å². The number of aliphatic carboxylic acids is 1. The van der Waals surface area contributed by atoms with E-state index in [0.29, 0.717) is 13.1 Å². The smallest absolute Gasteiger partial charge is 0.307 e. The lowest BCUT2D eigenvalue weighted by Gasteiger charge is -2.14. The van der Waals surface area contributed by atoms with Crippen LogP contribution in [0.15, 0.2) is 24.3 Å². The van der Waals surface area contributed by atoms with Crippen molar-refractivity contribution in [2.75, 3.05) is 13.1 Å². The second-order valence-corrected chi connectivity index (χ2v) is 4.77. The van der Waals surface area contributed by atoms with Crippen molar-refractivity contribution in [1.29, 1.82) is 0 Å². The van der Waals surface area contributed by atoms with Crippen LogP contribution < -0.4 is 10.6 Å². The number of carboxylic acids is 1. The molecule has 0 aromatic heterocycles. The number of hydrogen-bond acceptors (Lipinski definition) is 3. The molecule has 5 nitrogen and oxygen atoms in total. The molecule has 0 fully saturated rings. The first-order valence-electron chi connectivity index (χ1n) is 6.81. The van der Waals surface area contributed by atoms with Crippen LogP contribution in [0, 0.1) is 5.92 Å². The maximum atomic E-state index is 11.9. The average molecular weight is 278 g/mol. The standard InChI is InChI=1S/C15H22N2O3/c1-3-16-9-11(2)15(20)17-10-13-7-5-4-6-12(13)8-14(18)19/h4-7,11,16H,3,8-10H2,1-2H3,(H,17,20)(H,18,19). The molecular weight excluding hydrogens is 256 g/mol. The number of rotatable bonds is 8. The molecule has 0 spiro atoms. The molecule has 0 saturated heterocycles. The number of nitrogens with one attached hydrogen (secondary N) is 2. The minimum Gasteiger partial charge on any atom is -0.481 e. The fourth-order valence-electron chi connectivity index (χ4n) is 1.88. The molecule has 0 saturated carbocycles. The van der Waals surface area contributed by atoms with Gasteiger partial charge in [-0.2, -0.15) is 0 Å². The van der Waals surface area contributed by atoms with Gasteiger partial charge in [-0.15, -0.1) is 0 Å². The van der Waals surface area contributed by atoms with E-state index in [0.717, 1.165) is 17.7 Å². The molecule has 0 heterocycles. The van der Waals surface area contributed by atoms with E-state index in [4.69, 9.17) is 5.11 Å². The fourth-order valence-corrected chi connectivity index (χ4v) is 1.88. The number of amides is 1. The number of benzene rings is 1. The lowest BCUT2D eigenvalue weighted by Crippen LogP contribution is -2.35. The van der Waals surface area contributed by atoms with Crippen LogP contribution >= 0.6 is 0 Å². The molecule has 0 aliphatic carbocycles. The Hall–Kier alpha value is -1.88. The summed E-state index contributed by atoms with van der Waals surface area (Å²) in [7, 11) is 0. The molecule has 1 aromatic carbocycles. The Morgan fingerprint density at radius 3 is 2.50 bits per heavy atom. The van der Waals surface area contributed by atoms with Crippen molar-refractivity contribution in [2.24, 2.45) is 5.92 Å². The first kappa shape index (κ1) is 16.2. The van der Waals surface area contributed by atoms with Crippen LogP contribution in [0.2, 0.25) is 0 Å². The molecule has 0 radical (unpaired) electrons. The van der Waals surface area contributed by atoms with E-state index < -0.39 is 5.97 Å². The van der Waals surface area contributed by atoms with Crippen molar-refractivity contribution in [3.63, 3.8) is 0 Å². The summed E-state index contributed by atoms with van der Waals surface area (Å²) in [5.41, 5.74) is 1.58. The molecule has 0 bridgehead atoms. The highest BCUT2D eigenvalue weighted by atomic mass is 16.4. The van der Waals surface area contributed by atoms with Crippen molar-refractivity contribution < 1.29 is 14.7 Å². The van der Waals surface area contributed by atoms with Gasteiger partial charge >= 0.3 is 5.97 Å². The summed E-state index contributed by atoms with van der Waals surface area (Å²) < 4.78 is 0. The Kier molecular flexibility index (Phi) is 6.73. The summed E-state index contributed by atoms with van der Waals surface area (Å²) in [5, 5.41) is 14.8. The Balaban J connectivity index is 2.56. The molecule has 1 atom stereocenters. The van der Waals surface area contributed by atoms with E-state index in [-0.39, 0.29) is 18.2 Å². The molecular formula is C15H22N2O3. The molecule has 1 unspecified atom stereocenters. The highest BCUT2D eigenvalue weighted by molar-refractivity contribution is 5.78. The summed E-state index contributed by atoms with van der Waals surface area (Å²) in [5.74, 6) is -1.01. The van der Waals surface area contributed by atoms with Gasteiger partial charge in [-0.25, -0.2) is 0 Å². The zero-order valence-corrected chi connectivity index (χ0v) is 12.0. The summed E-state index contributed by atoms with van der Waals surface area (Å²) in [6, 6.07) is 7.26. The molecule has 20 heavy (non-hydrogen) atoms. The third-order valence-corrected chi connectivity index (χ3v) is 3.06. The molecule has 5 heteroatoms. The van der Waals surface area contributed by atoms with Crippen LogP contribution in [0.1, 0.15) is 25.0 Å². The van der Waals surface area contributed by atoms with Gasteiger partial charge in [0.15, 0.2) is 0 Å². The predicted molar refractivity (Wildman–Crippen MR) is 77.3 cm³/mol. The summed E-state index contributed by atoms with van der Waals surface area (Å²) >= 11 is 0. The summed E-state index contributed by atoms with van der Waals surface area (Å²) in [6.45, 7) is 5.69. The van der Waals surface area contributed by atoms with Crippen molar-refractivity contribution in [1.82, 2.24) is 10.6 Å². The quantitative estimate of drug-likeness (QED) is 0.667. The Morgan fingerprint density at radius 2 is 1.90 bits per heavy atom. The van der Waals surface area contributed by atoms with Crippen molar-refractivity contribution >= 4 is 11.9 Å². The van der Waals surface area contributed by atoms with Crippen molar-refractivity contribution in [2.45, 2.75) is 26.8 Å². The molecule has 1 amide bonds. The third kappa shape index (κ3) is 5.40. The lowest BCUT2D eigenvalue weighted by molar-refractivity contribution is -0.136. The van der Waals surface area contributed by atoms with Crippen LogP contribution in [0.4, 0.5) is 0 Å². The number of hydrogen-bond donors (Lipinski definition) is 3. The summed E-state index contributed by atoms with van der Waals surface area (Å²) in [6.07, 6.45) is -0.0288. The SMILES string of the molecule is CCNCC(C)C(=O)NCc1ccccc1CC(=O)O. The number of carbonyl (C=O) groups is 2. The van der Waals surface area contributed by atoms with Gasteiger partial charge in [0.25, 0.3) is 0 Å². The van der Waals surface area contributed by atoms with Gasteiger partial charge < -0.3 is 15.7 Å². The largest absolute Gasteiger partial charge is 0.481 e. The van der Waals surface area contributed by atoms with Crippen LogP contribution in [-0.2, 0) is 22.6 Å². The average Bonchev–Trinajstić information content (AvgIpc) is 2.42. The zero-order chi connectivity index (χ0) is 15.0. The minimum atomic E-state index is -0.871. The Labute approximate surface area is 119 Å². The monoisotopic (exact) mass is 278 g/mol. The van der Waals surface area contributed by atoms with Gasteiger partial charge in [0.05, 0.1) is 6.42 Å². The van der Waals surface area contributed by atoms with Gasteiger partial charge in [-0.05, 0) is 17.7 Å². The fraction of sp³-hybridized carbons (Fsp3) is 0.467. The van der Waals surface area contributed by atoms with Crippen molar-refractivity contribution in [3.8, 4) is 0 Å². The lowest BCUT2D eigenvalue weighted by atomic mass is 10.0. The summed E-state index contributed by atoms with van der Waals surface area (Å²) in [4.78, 5) is 22.7. The highest BCUT2D eigenvalue weighted by Crippen LogP contribution is 2.09. The molecule has 110 valence electrons. The van der Waals surface area contributed by atoms with Crippen LogP contribution in [-0.4, -0.2) is 30.1 Å². The van der Waals surface area contributed by atoms with E-state index in [9.17, 15) is 9.59 Å². The van der Waals surface area contributed by atoms with Gasteiger partial charge in [0, 0.05) is 19.0 Å². The predicted octanol–water partition coefficient (Wildman–Crippen LogP) is 1.18. The van der Waals surface area contributed by atoms with Crippen LogP contribution in [0.25, 0.3) is 0 Å². The third-order valence-electron chi connectivity index (χ3n) is 3.06. The van der Waals surface area contributed by atoms with E-state index >= 15 is 0 Å². The van der Waals surface area contributed by atoms with E-state index in [2.05, 4.69) is 10.6 Å². The molecule has 0 aliphatic rings. The molecule has 1 rings (SSSR count). The second kappa shape index (κ2) is 8.32. The van der Waals surface area contributed by atoms with E-state index in [1.54, 1.807) is 12.1 Å². The maximum absolute atomic E-state index is 11.9. The minimum absolute atomic E-state index is 0.0288. The molecule has 0 aliphatic heterocycles. The first-order chi connectivity index (χ1) is 9.54. The van der Waals surface area contributed by atoms with Crippen molar-refractivity contribution in [3.05, 3.63) is 35.4 Å². The second-order valence-electron chi connectivity index (χ2n) is 4.77. The van der Waals surface area contributed by atoms with Gasteiger partial charge in [0.1, 0.15) is 0 Å². The zero-order valence-electron chi connectivity index (χ0n) is 12.0. The highest BCUT2D eigenvalue weighted by Gasteiger charge is 2.13. The number of carbonyl (C=O) groups excluding carboxylic acids is 1. The van der Waals surface area contributed by atoms with E-state index in [1.165, 1.54) is 0 Å². The Morgan fingerprint density at radius 1 is 1.25 bits per heavy atom. The van der Waals surface area contributed by atoms with Crippen LogP contribution in [0.3, 0.4) is 0 Å². The topological polar surface area (TPSA) is 78.4 Å².